The summed E-state index contributed by atoms with van der Waals surface area (Å²) in [5, 5.41) is 24.8. The lowest BCUT2D eigenvalue weighted by atomic mass is 10.1. The second-order valence-electron chi connectivity index (χ2n) is 4.83. The van der Waals surface area contributed by atoms with Crippen LogP contribution in [0.5, 0.6) is 17.2 Å². The van der Waals surface area contributed by atoms with E-state index in [1.165, 1.54) is 19.2 Å². The number of nitrogens with one attached hydrogen (secondary N) is 1. The molecule has 26 heavy (non-hydrogen) atoms. The minimum atomic E-state index is -0.720. The number of methoxy groups -OCH3 is 1. The van der Waals surface area contributed by atoms with Crippen molar-refractivity contribution in [1.29, 1.82) is 0 Å². The topological polar surface area (TPSA) is 123 Å². The average Bonchev–Trinajstić information content (AvgIpc) is 2.61. The first-order valence-corrected chi connectivity index (χ1v) is 7.55. The first kappa shape index (κ1) is 19.0. The summed E-state index contributed by atoms with van der Waals surface area (Å²) in [6, 6.07) is 9.13. The summed E-state index contributed by atoms with van der Waals surface area (Å²) < 4.78 is 10.1. The van der Waals surface area contributed by atoms with Gasteiger partial charge in [0.15, 0.2) is 12.4 Å². The number of amides is 1. The molecule has 136 valence electrons. The highest BCUT2D eigenvalue weighted by Crippen LogP contribution is 2.37. The molecule has 2 aromatic rings. The summed E-state index contributed by atoms with van der Waals surface area (Å²) in [6.45, 7) is -0.345. The van der Waals surface area contributed by atoms with Gasteiger partial charge in [-0.3, -0.25) is 14.9 Å². The number of rotatable bonds is 7. The molecular formula is C16H14ClN3O6. The SMILES string of the molecule is COc1c(O)ccc(/C=N/NC(=O)COc2ccccc2Cl)c1[N+](=O)[O-]. The van der Waals surface area contributed by atoms with Crippen molar-refractivity contribution in [3.8, 4) is 17.2 Å². The molecule has 9 nitrogen and oxygen atoms in total. The molecule has 0 saturated carbocycles. The Labute approximate surface area is 153 Å². The highest BCUT2D eigenvalue weighted by molar-refractivity contribution is 6.32. The first-order chi connectivity index (χ1) is 12.4. The number of carbonyl (C=O) groups excluding carboxylic acids is 1. The molecule has 0 unspecified atom stereocenters. The highest BCUT2D eigenvalue weighted by Gasteiger charge is 2.23. The van der Waals surface area contributed by atoms with Gasteiger partial charge >= 0.3 is 5.69 Å². The third kappa shape index (κ3) is 4.61. The van der Waals surface area contributed by atoms with Gasteiger partial charge in [0.05, 0.1) is 28.8 Å². The number of hydrazone groups is 1. The predicted molar refractivity (Wildman–Crippen MR) is 94.0 cm³/mol. The van der Waals surface area contributed by atoms with Gasteiger partial charge in [0.2, 0.25) is 5.75 Å². The van der Waals surface area contributed by atoms with Crippen LogP contribution in [0.4, 0.5) is 5.69 Å². The van der Waals surface area contributed by atoms with E-state index in [9.17, 15) is 20.0 Å². The number of aromatic hydroxyl groups is 1. The van der Waals surface area contributed by atoms with Crippen molar-refractivity contribution >= 4 is 29.4 Å². The van der Waals surface area contributed by atoms with Gasteiger partial charge < -0.3 is 14.6 Å². The number of nitrogens with zero attached hydrogens (tertiary/aromatic N) is 2. The molecule has 0 spiro atoms. The molecule has 0 aliphatic heterocycles. The molecule has 10 heteroatoms. The van der Waals surface area contributed by atoms with E-state index in [0.29, 0.717) is 10.8 Å². The summed E-state index contributed by atoms with van der Waals surface area (Å²) in [7, 11) is 1.19. The zero-order valence-electron chi connectivity index (χ0n) is 13.5. The van der Waals surface area contributed by atoms with Crippen molar-refractivity contribution in [2.45, 2.75) is 0 Å². The lowest BCUT2D eigenvalue weighted by Gasteiger charge is -2.07. The number of nitro benzene ring substituents is 1. The molecule has 2 N–H and O–H groups in total. The standard InChI is InChI=1S/C16H14ClN3O6/c1-25-16-12(21)7-6-10(15(16)20(23)24)8-18-19-14(22)9-26-13-5-3-2-4-11(13)17/h2-8,21H,9H2,1H3,(H,19,22)/b18-8+. The van der Waals surface area contributed by atoms with E-state index >= 15 is 0 Å². The van der Waals surface area contributed by atoms with Crippen molar-refractivity contribution in [2.24, 2.45) is 5.10 Å². The van der Waals surface area contributed by atoms with Gasteiger partial charge in [-0.2, -0.15) is 5.10 Å². The molecule has 0 aliphatic rings. The molecule has 0 saturated heterocycles. The molecule has 0 aliphatic carbocycles. The van der Waals surface area contributed by atoms with Crippen LogP contribution < -0.4 is 14.9 Å². The van der Waals surface area contributed by atoms with Crippen molar-refractivity contribution in [2.75, 3.05) is 13.7 Å². The summed E-state index contributed by atoms with van der Waals surface area (Å²) in [6.07, 6.45) is 1.06. The Morgan fingerprint density at radius 2 is 2.12 bits per heavy atom. The fourth-order valence-electron chi connectivity index (χ4n) is 1.98. The maximum atomic E-state index is 11.7. The normalized spacial score (nSPS) is 10.5. The Morgan fingerprint density at radius 1 is 1.38 bits per heavy atom. The summed E-state index contributed by atoms with van der Waals surface area (Å²) in [5.41, 5.74) is 1.74. The predicted octanol–water partition coefficient (Wildman–Crippen LogP) is 2.49. The van der Waals surface area contributed by atoms with E-state index in [-0.39, 0.29) is 23.7 Å². The number of hydrogen-bond acceptors (Lipinski definition) is 7. The van der Waals surface area contributed by atoms with Crippen molar-refractivity contribution in [3.05, 3.63) is 57.1 Å². The van der Waals surface area contributed by atoms with Crippen LogP contribution in [0, 0.1) is 10.1 Å². The molecule has 0 fully saturated rings. The van der Waals surface area contributed by atoms with Crippen LogP contribution in [-0.2, 0) is 4.79 Å². The Balaban J connectivity index is 2.03. The third-order valence-corrected chi connectivity index (χ3v) is 3.43. The van der Waals surface area contributed by atoms with Gasteiger partial charge in [-0.15, -0.1) is 0 Å². The lowest BCUT2D eigenvalue weighted by Crippen LogP contribution is -2.24. The largest absolute Gasteiger partial charge is 0.504 e. The smallest absolute Gasteiger partial charge is 0.323 e. The zero-order valence-corrected chi connectivity index (χ0v) is 14.3. The molecule has 0 bridgehead atoms. The number of phenols is 1. The van der Waals surface area contributed by atoms with Gasteiger partial charge in [-0.25, -0.2) is 5.43 Å². The van der Waals surface area contributed by atoms with E-state index in [2.05, 4.69) is 10.5 Å². The number of benzene rings is 2. The van der Waals surface area contributed by atoms with Gasteiger partial charge in [-0.05, 0) is 24.3 Å². The van der Waals surface area contributed by atoms with E-state index < -0.39 is 16.5 Å². The van der Waals surface area contributed by atoms with Gasteiger partial charge in [0.1, 0.15) is 5.75 Å². The Kier molecular flexibility index (Phi) is 6.34. The van der Waals surface area contributed by atoms with Crippen LogP contribution in [0.2, 0.25) is 5.02 Å². The number of nitro groups is 1. The Hall–Kier alpha value is -3.33. The minimum absolute atomic E-state index is 0.0389. The monoisotopic (exact) mass is 379 g/mol. The zero-order chi connectivity index (χ0) is 19.1. The quantitative estimate of drug-likeness (QED) is 0.432. The molecule has 2 aromatic carbocycles. The number of hydrogen-bond donors (Lipinski definition) is 2. The maximum Gasteiger partial charge on any atom is 0.323 e. The molecular weight excluding hydrogens is 366 g/mol. The third-order valence-electron chi connectivity index (χ3n) is 3.12. The second kappa shape index (κ2) is 8.67. The highest BCUT2D eigenvalue weighted by atomic mass is 35.5. The van der Waals surface area contributed by atoms with Crippen molar-refractivity contribution in [3.63, 3.8) is 0 Å². The van der Waals surface area contributed by atoms with E-state index in [1.807, 2.05) is 0 Å². The van der Waals surface area contributed by atoms with Gasteiger partial charge in [0, 0.05) is 0 Å². The minimum Gasteiger partial charge on any atom is -0.504 e. The number of carbonyl (C=O) groups is 1. The fraction of sp³-hybridized carbons (Fsp3) is 0.125. The van der Waals surface area contributed by atoms with Crippen LogP contribution in [0.25, 0.3) is 0 Å². The molecule has 0 radical (unpaired) electrons. The molecule has 0 atom stereocenters. The second-order valence-corrected chi connectivity index (χ2v) is 5.23. The van der Waals surface area contributed by atoms with E-state index in [0.717, 1.165) is 6.21 Å². The maximum absolute atomic E-state index is 11.7. The molecule has 0 heterocycles. The van der Waals surface area contributed by atoms with Crippen molar-refractivity contribution < 1.29 is 24.3 Å². The van der Waals surface area contributed by atoms with Gasteiger partial charge in [-0.1, -0.05) is 23.7 Å². The van der Waals surface area contributed by atoms with Crippen LogP contribution >= 0.6 is 11.6 Å². The van der Waals surface area contributed by atoms with E-state index in [4.69, 9.17) is 21.1 Å². The Morgan fingerprint density at radius 3 is 2.77 bits per heavy atom. The van der Waals surface area contributed by atoms with Gasteiger partial charge in [0.25, 0.3) is 5.91 Å². The molecule has 1 amide bonds. The van der Waals surface area contributed by atoms with Crippen molar-refractivity contribution in [1.82, 2.24) is 5.43 Å². The number of ether oxygens (including phenoxy) is 2. The van der Waals surface area contributed by atoms with Crippen LogP contribution in [-0.4, -0.2) is 35.9 Å². The fourth-order valence-corrected chi connectivity index (χ4v) is 2.17. The Bertz CT molecular complexity index is 856. The number of halogens is 1. The first-order valence-electron chi connectivity index (χ1n) is 7.17. The number of para-hydroxylation sites is 1. The molecule has 0 aromatic heterocycles. The lowest BCUT2D eigenvalue weighted by molar-refractivity contribution is -0.386. The summed E-state index contributed by atoms with van der Waals surface area (Å²) in [4.78, 5) is 22.2. The van der Waals surface area contributed by atoms with Crippen LogP contribution in [0.15, 0.2) is 41.5 Å². The average molecular weight is 380 g/mol. The summed E-state index contributed by atoms with van der Waals surface area (Å²) in [5.74, 6) is -0.928. The summed E-state index contributed by atoms with van der Waals surface area (Å²) >= 11 is 5.90. The van der Waals surface area contributed by atoms with E-state index in [1.54, 1.807) is 24.3 Å². The molecule has 2 rings (SSSR count). The van der Waals surface area contributed by atoms with Crippen LogP contribution in [0.3, 0.4) is 0 Å². The van der Waals surface area contributed by atoms with Crippen LogP contribution in [0.1, 0.15) is 5.56 Å². The number of phenolic OH excluding ortho intramolecular Hbond substituents is 1.